The standard InChI is InChI=1S/C7H12O2.C5H6O4.C5H8O2.C3H5NO.C3H3N/c1-3-5-6-9-7(8)4-2;1-3(5(8)9)2-4(6)7;1-3-5(6)7-4-2;1-2-3(4)5;1-2-3-4/h4H,2-3,5-6H2,1H3;1-2H2,(H,6,7)(H,8,9);3H,1,4H2,2H3;2H,1H2,(H2,4,5);2H,1H2. The van der Waals surface area contributed by atoms with Gasteiger partial charge < -0.3 is 25.4 Å². The lowest BCUT2D eigenvalue weighted by atomic mass is 10.2. The van der Waals surface area contributed by atoms with Crippen molar-refractivity contribution in [3.63, 3.8) is 0 Å². The van der Waals surface area contributed by atoms with E-state index in [0.717, 1.165) is 25.0 Å². The molecular weight excluding hydrogens is 448 g/mol. The summed E-state index contributed by atoms with van der Waals surface area (Å²) in [4.78, 5) is 49.6. The summed E-state index contributed by atoms with van der Waals surface area (Å²) in [7, 11) is 0. The Morgan fingerprint density at radius 1 is 0.941 bits per heavy atom. The molecule has 0 rings (SSSR count). The Morgan fingerprint density at radius 3 is 1.53 bits per heavy atom. The number of rotatable bonds is 10. The minimum Gasteiger partial charge on any atom is -0.481 e. The zero-order chi connectivity index (χ0) is 27.9. The highest BCUT2D eigenvalue weighted by Crippen LogP contribution is 1.95. The fourth-order valence-corrected chi connectivity index (χ4v) is 0.835. The molecule has 1 amide bonds. The van der Waals surface area contributed by atoms with Crippen molar-refractivity contribution in [2.45, 2.75) is 33.1 Å². The van der Waals surface area contributed by atoms with Gasteiger partial charge in [0.1, 0.15) is 0 Å². The highest BCUT2D eigenvalue weighted by molar-refractivity contribution is 5.91. The molecule has 0 aromatic heterocycles. The molecule has 0 aromatic carbocycles. The molecule has 0 radical (unpaired) electrons. The lowest BCUT2D eigenvalue weighted by Crippen LogP contribution is -2.04. The van der Waals surface area contributed by atoms with Gasteiger partial charge in [-0.3, -0.25) is 9.59 Å². The van der Waals surface area contributed by atoms with Gasteiger partial charge in [-0.2, -0.15) is 5.26 Å². The molecule has 0 aliphatic rings. The molecule has 0 saturated heterocycles. The van der Waals surface area contributed by atoms with Crippen LogP contribution in [-0.2, 0) is 33.4 Å². The van der Waals surface area contributed by atoms with Gasteiger partial charge in [-0.1, -0.05) is 46.2 Å². The van der Waals surface area contributed by atoms with E-state index >= 15 is 0 Å². The van der Waals surface area contributed by atoms with E-state index in [2.05, 4.69) is 48.1 Å². The number of esters is 2. The molecule has 0 atom stereocenters. The summed E-state index contributed by atoms with van der Waals surface area (Å²) >= 11 is 0. The lowest BCUT2D eigenvalue weighted by molar-refractivity contribution is -0.139. The maximum Gasteiger partial charge on any atom is 0.331 e. The van der Waals surface area contributed by atoms with E-state index in [1.54, 1.807) is 13.0 Å². The first kappa shape index (κ1) is 40.0. The summed E-state index contributed by atoms with van der Waals surface area (Å²) in [5.74, 6) is -3.62. The molecule has 11 heteroatoms. The molecule has 0 aromatic rings. The SMILES string of the molecule is C=C(CC(=O)O)C(=O)O.C=CC#N.C=CC(=O)OCC.C=CC(=O)OCCCC.C=CC(N)=O. The van der Waals surface area contributed by atoms with E-state index in [1.165, 1.54) is 12.2 Å². The van der Waals surface area contributed by atoms with Gasteiger partial charge in [0.25, 0.3) is 0 Å². The van der Waals surface area contributed by atoms with E-state index < -0.39 is 24.3 Å². The molecule has 0 aliphatic carbocycles. The first-order chi connectivity index (χ1) is 15.8. The molecule has 0 bridgehead atoms. The number of hydrogen-bond donors (Lipinski definition) is 3. The maximum absolute atomic E-state index is 10.3. The van der Waals surface area contributed by atoms with Crippen LogP contribution in [0.5, 0.6) is 0 Å². The first-order valence-corrected chi connectivity index (χ1v) is 9.48. The quantitative estimate of drug-likeness (QED) is 0.180. The number of carboxylic acids is 2. The fraction of sp³-hybridized carbons (Fsp3) is 0.304. The van der Waals surface area contributed by atoms with Gasteiger partial charge in [-0.25, -0.2) is 14.4 Å². The first-order valence-electron chi connectivity index (χ1n) is 9.48. The Kier molecular flexibility index (Phi) is 39.0. The highest BCUT2D eigenvalue weighted by atomic mass is 16.5. The molecule has 4 N–H and O–H groups in total. The molecule has 11 nitrogen and oxygen atoms in total. The topological polar surface area (TPSA) is 194 Å². The number of carbonyl (C=O) groups excluding carboxylic acids is 3. The van der Waals surface area contributed by atoms with Crippen molar-refractivity contribution in [3.8, 4) is 6.07 Å². The molecule has 0 aliphatic heterocycles. The van der Waals surface area contributed by atoms with Crippen LogP contribution >= 0.6 is 0 Å². The number of carbonyl (C=O) groups is 5. The number of hydrogen-bond acceptors (Lipinski definition) is 8. The zero-order valence-corrected chi connectivity index (χ0v) is 19.7. The van der Waals surface area contributed by atoms with Crippen molar-refractivity contribution in [2.24, 2.45) is 5.73 Å². The van der Waals surface area contributed by atoms with Crippen LogP contribution in [0.2, 0.25) is 0 Å². The molecule has 0 heterocycles. The number of nitrogens with two attached hydrogens (primary N) is 1. The predicted octanol–water partition coefficient (Wildman–Crippen LogP) is 2.71. The van der Waals surface area contributed by atoms with Gasteiger partial charge in [0, 0.05) is 23.8 Å². The van der Waals surface area contributed by atoms with Crippen molar-refractivity contribution < 1.29 is 43.7 Å². The Hall–Kier alpha value is -4.46. The minimum atomic E-state index is -1.27. The summed E-state index contributed by atoms with van der Waals surface area (Å²) in [6, 6.07) is 1.69. The molecule has 0 unspecified atom stereocenters. The Morgan fingerprint density at radius 2 is 1.35 bits per heavy atom. The number of unbranched alkanes of at least 4 members (excludes halogenated alkanes) is 1. The zero-order valence-electron chi connectivity index (χ0n) is 19.7. The molecule has 0 fully saturated rings. The van der Waals surface area contributed by atoms with Crippen LogP contribution in [0.15, 0.2) is 62.8 Å². The summed E-state index contributed by atoms with van der Waals surface area (Å²) in [5.41, 5.74) is 4.23. The number of allylic oxidation sites excluding steroid dienone is 1. The number of primary amides is 1. The van der Waals surface area contributed by atoms with E-state index in [9.17, 15) is 24.0 Å². The van der Waals surface area contributed by atoms with Gasteiger partial charge in [0.15, 0.2) is 0 Å². The van der Waals surface area contributed by atoms with Crippen molar-refractivity contribution in [3.05, 3.63) is 62.8 Å². The van der Waals surface area contributed by atoms with Gasteiger partial charge >= 0.3 is 23.9 Å². The lowest BCUT2D eigenvalue weighted by Gasteiger charge is -1.97. The van der Waals surface area contributed by atoms with Crippen LogP contribution in [0.1, 0.15) is 33.1 Å². The second kappa shape index (κ2) is 33.2. The predicted molar refractivity (Wildman–Crippen MR) is 127 cm³/mol. The number of aliphatic carboxylic acids is 2. The van der Waals surface area contributed by atoms with Crippen LogP contribution in [0.4, 0.5) is 0 Å². The van der Waals surface area contributed by atoms with E-state index in [4.69, 9.17) is 15.5 Å². The molecule has 34 heavy (non-hydrogen) atoms. The van der Waals surface area contributed by atoms with E-state index in [0.29, 0.717) is 13.2 Å². The summed E-state index contributed by atoms with van der Waals surface area (Å²) in [6.07, 6.45) is 6.03. The number of nitriles is 1. The monoisotopic (exact) mass is 482 g/mol. The Labute approximate surface area is 200 Å². The molecule has 0 spiro atoms. The molecule has 190 valence electrons. The number of ether oxygens (including phenoxy) is 2. The van der Waals surface area contributed by atoms with Crippen molar-refractivity contribution >= 4 is 29.8 Å². The fourth-order valence-electron chi connectivity index (χ4n) is 0.835. The largest absolute Gasteiger partial charge is 0.481 e. The van der Waals surface area contributed by atoms with Crippen LogP contribution in [0.25, 0.3) is 0 Å². The second-order valence-electron chi connectivity index (χ2n) is 5.10. The van der Waals surface area contributed by atoms with Gasteiger partial charge in [0.2, 0.25) is 5.91 Å². The number of nitrogens with zero attached hydrogens (tertiary/aromatic N) is 1. The second-order valence-corrected chi connectivity index (χ2v) is 5.10. The number of carboxylic acid groups (broad SMARTS) is 2. The van der Waals surface area contributed by atoms with Gasteiger partial charge in [-0.05, 0) is 19.4 Å². The summed E-state index contributed by atoms with van der Waals surface area (Å²) in [5, 5.41) is 23.6. The molecular formula is C23H34N2O9. The van der Waals surface area contributed by atoms with Crippen LogP contribution in [0, 0.1) is 11.3 Å². The van der Waals surface area contributed by atoms with Gasteiger partial charge in [-0.15, -0.1) is 0 Å². The van der Waals surface area contributed by atoms with Crippen LogP contribution in [0.3, 0.4) is 0 Å². The third-order valence-electron chi connectivity index (χ3n) is 2.32. The van der Waals surface area contributed by atoms with Crippen molar-refractivity contribution in [2.75, 3.05) is 13.2 Å². The minimum absolute atomic E-state index is 0.303. The Bertz CT molecular complexity index is 720. The summed E-state index contributed by atoms with van der Waals surface area (Å²) < 4.78 is 9.11. The highest BCUT2D eigenvalue weighted by Gasteiger charge is 2.07. The maximum atomic E-state index is 10.3. The van der Waals surface area contributed by atoms with Crippen LogP contribution < -0.4 is 5.73 Å². The third kappa shape index (κ3) is 56.4. The molecule has 0 saturated carbocycles. The summed E-state index contributed by atoms with van der Waals surface area (Å²) in [6.45, 7) is 20.4. The smallest absolute Gasteiger partial charge is 0.331 e. The average Bonchev–Trinajstić information content (AvgIpc) is 2.80. The Balaban J connectivity index is -0.000000106. The van der Waals surface area contributed by atoms with Crippen molar-refractivity contribution in [1.29, 1.82) is 5.26 Å². The average molecular weight is 483 g/mol. The van der Waals surface area contributed by atoms with Gasteiger partial charge in [0.05, 0.1) is 25.7 Å². The normalized spacial score (nSPS) is 7.44. The third-order valence-corrected chi connectivity index (χ3v) is 2.32. The van der Waals surface area contributed by atoms with E-state index in [-0.39, 0.29) is 17.5 Å². The van der Waals surface area contributed by atoms with Crippen LogP contribution in [-0.4, -0.2) is 53.2 Å². The van der Waals surface area contributed by atoms with E-state index in [1.807, 2.05) is 6.92 Å². The number of amides is 1. The van der Waals surface area contributed by atoms with Crippen molar-refractivity contribution in [1.82, 2.24) is 0 Å².